The van der Waals surface area contributed by atoms with Gasteiger partial charge in [0.1, 0.15) is 5.75 Å². The summed E-state index contributed by atoms with van der Waals surface area (Å²) in [5.41, 5.74) is 0. The molecule has 1 aromatic carbocycles. The van der Waals surface area contributed by atoms with E-state index in [0.29, 0.717) is 48.6 Å². The molecule has 26 heavy (non-hydrogen) atoms. The average molecular weight is 376 g/mol. The lowest BCUT2D eigenvalue weighted by atomic mass is 10.3. The van der Waals surface area contributed by atoms with Gasteiger partial charge in [0.2, 0.25) is 6.41 Å². The fraction of sp³-hybridized carbons (Fsp3) is 0.294. The van der Waals surface area contributed by atoms with E-state index in [2.05, 4.69) is 15.5 Å². The summed E-state index contributed by atoms with van der Waals surface area (Å²) in [6.45, 7) is 2.58. The van der Waals surface area contributed by atoms with Gasteiger partial charge < -0.3 is 19.9 Å². The summed E-state index contributed by atoms with van der Waals surface area (Å²) in [4.78, 5) is 26.4. The van der Waals surface area contributed by atoms with E-state index in [0.717, 1.165) is 6.41 Å². The third kappa shape index (κ3) is 4.82. The quantitative estimate of drug-likeness (QED) is 0.768. The second-order valence-corrected chi connectivity index (χ2v) is 6.13. The minimum absolute atomic E-state index is 0.140. The van der Waals surface area contributed by atoms with Gasteiger partial charge in [-0.25, -0.2) is 0 Å². The summed E-state index contributed by atoms with van der Waals surface area (Å²) < 4.78 is 5.37. The van der Waals surface area contributed by atoms with Gasteiger partial charge >= 0.3 is 0 Å². The zero-order chi connectivity index (χ0) is 18.4. The number of anilines is 2. The maximum absolute atomic E-state index is 11.9. The molecule has 136 valence electrons. The van der Waals surface area contributed by atoms with Crippen LogP contribution in [0.15, 0.2) is 36.4 Å². The Morgan fingerprint density at radius 3 is 2.46 bits per heavy atom. The van der Waals surface area contributed by atoms with Crippen LogP contribution in [0.25, 0.3) is 0 Å². The number of halogens is 1. The highest BCUT2D eigenvalue weighted by Gasteiger charge is 2.17. The first-order chi connectivity index (χ1) is 12.6. The largest absolute Gasteiger partial charge is 0.484 e. The number of nitrogens with zero attached hydrogens (tertiary/aromatic N) is 4. The Bertz CT molecular complexity index is 746. The van der Waals surface area contributed by atoms with Gasteiger partial charge in [0.05, 0.1) is 0 Å². The maximum atomic E-state index is 11.9. The van der Waals surface area contributed by atoms with Crippen molar-refractivity contribution in [1.82, 2.24) is 15.1 Å². The first kappa shape index (κ1) is 17.9. The van der Waals surface area contributed by atoms with Crippen LogP contribution in [0.3, 0.4) is 0 Å². The number of amides is 2. The van der Waals surface area contributed by atoms with Crippen molar-refractivity contribution in [2.75, 3.05) is 43.0 Å². The minimum atomic E-state index is -0.332. The van der Waals surface area contributed by atoms with Crippen molar-refractivity contribution < 1.29 is 14.3 Å². The van der Waals surface area contributed by atoms with Gasteiger partial charge in [-0.15, -0.1) is 10.2 Å². The molecule has 1 aliphatic rings. The van der Waals surface area contributed by atoms with Gasteiger partial charge in [-0.1, -0.05) is 11.6 Å². The third-order valence-corrected chi connectivity index (χ3v) is 4.14. The Hall–Kier alpha value is -2.87. The summed E-state index contributed by atoms with van der Waals surface area (Å²) in [5, 5.41) is 11.4. The van der Waals surface area contributed by atoms with Crippen LogP contribution < -0.4 is 15.0 Å². The summed E-state index contributed by atoms with van der Waals surface area (Å²) >= 11 is 5.79. The van der Waals surface area contributed by atoms with Crippen molar-refractivity contribution in [3.05, 3.63) is 41.4 Å². The van der Waals surface area contributed by atoms with E-state index >= 15 is 0 Å². The van der Waals surface area contributed by atoms with E-state index in [9.17, 15) is 9.59 Å². The smallest absolute Gasteiger partial charge is 0.263 e. The second-order valence-electron chi connectivity index (χ2n) is 5.70. The number of carbonyl (C=O) groups excluding carboxylic acids is 2. The Balaban J connectivity index is 1.48. The van der Waals surface area contributed by atoms with Crippen molar-refractivity contribution in [3.8, 4) is 5.75 Å². The van der Waals surface area contributed by atoms with Crippen LogP contribution in [-0.4, -0.2) is 60.2 Å². The molecular weight excluding hydrogens is 358 g/mol. The molecule has 1 fully saturated rings. The third-order valence-electron chi connectivity index (χ3n) is 3.89. The molecular formula is C17H18ClN5O3. The van der Waals surface area contributed by atoms with Gasteiger partial charge in [0, 0.05) is 31.2 Å². The molecule has 0 spiro atoms. The van der Waals surface area contributed by atoms with E-state index in [1.165, 1.54) is 0 Å². The van der Waals surface area contributed by atoms with Gasteiger partial charge in [-0.05, 0) is 36.4 Å². The molecule has 8 nitrogen and oxygen atoms in total. The van der Waals surface area contributed by atoms with E-state index in [1.807, 2.05) is 4.90 Å². The summed E-state index contributed by atoms with van der Waals surface area (Å²) in [5.74, 6) is 1.29. The van der Waals surface area contributed by atoms with Crippen LogP contribution in [0.5, 0.6) is 5.75 Å². The molecule has 9 heteroatoms. The van der Waals surface area contributed by atoms with Crippen LogP contribution in [0.1, 0.15) is 0 Å². The fourth-order valence-corrected chi connectivity index (χ4v) is 2.60. The lowest BCUT2D eigenvalue weighted by Gasteiger charge is -2.32. The van der Waals surface area contributed by atoms with E-state index < -0.39 is 0 Å². The Morgan fingerprint density at radius 1 is 1.12 bits per heavy atom. The number of benzene rings is 1. The first-order valence-electron chi connectivity index (χ1n) is 8.10. The van der Waals surface area contributed by atoms with Crippen LogP contribution >= 0.6 is 11.6 Å². The lowest BCUT2D eigenvalue weighted by Crippen LogP contribution is -2.46. The number of rotatable bonds is 6. The van der Waals surface area contributed by atoms with E-state index in [-0.39, 0.29) is 12.5 Å². The topological polar surface area (TPSA) is 87.7 Å². The number of hydrogen-bond donors (Lipinski definition) is 1. The molecule has 0 aliphatic carbocycles. The predicted molar refractivity (Wildman–Crippen MR) is 97.5 cm³/mol. The van der Waals surface area contributed by atoms with E-state index in [4.69, 9.17) is 16.3 Å². The zero-order valence-electron chi connectivity index (χ0n) is 14.0. The number of ether oxygens (including phenoxy) is 1. The van der Waals surface area contributed by atoms with Crippen LogP contribution in [0.4, 0.5) is 11.6 Å². The maximum Gasteiger partial charge on any atom is 0.263 e. The molecule has 1 saturated heterocycles. The molecule has 1 aromatic heterocycles. The van der Waals surface area contributed by atoms with Crippen molar-refractivity contribution >= 4 is 35.6 Å². The van der Waals surface area contributed by atoms with Crippen molar-refractivity contribution in [1.29, 1.82) is 0 Å². The molecule has 2 amide bonds. The predicted octanol–water partition coefficient (Wildman–Crippen LogP) is 1.43. The van der Waals surface area contributed by atoms with Crippen molar-refractivity contribution in [2.45, 2.75) is 0 Å². The van der Waals surface area contributed by atoms with Gasteiger partial charge in [0.15, 0.2) is 18.2 Å². The molecule has 0 saturated carbocycles. The summed E-state index contributed by atoms with van der Waals surface area (Å²) in [7, 11) is 0. The Labute approximate surface area is 155 Å². The highest BCUT2D eigenvalue weighted by molar-refractivity contribution is 6.30. The molecule has 2 aromatic rings. The second kappa shape index (κ2) is 8.48. The molecule has 0 radical (unpaired) electrons. The molecule has 0 bridgehead atoms. The number of piperazine rings is 1. The number of hydrogen-bond acceptors (Lipinski definition) is 6. The van der Waals surface area contributed by atoms with Crippen LogP contribution in [0.2, 0.25) is 5.02 Å². The molecule has 1 aliphatic heterocycles. The number of carbonyl (C=O) groups is 2. The Morgan fingerprint density at radius 2 is 1.85 bits per heavy atom. The Kier molecular flexibility index (Phi) is 5.85. The lowest BCUT2D eigenvalue weighted by molar-refractivity contribution is -0.119. The monoisotopic (exact) mass is 375 g/mol. The average Bonchev–Trinajstić information content (AvgIpc) is 2.68. The highest BCUT2D eigenvalue weighted by Crippen LogP contribution is 2.16. The van der Waals surface area contributed by atoms with Crippen molar-refractivity contribution in [2.24, 2.45) is 0 Å². The van der Waals surface area contributed by atoms with Gasteiger partial charge in [-0.2, -0.15) is 0 Å². The SMILES string of the molecule is O=CN1CCN(c2ccc(NC(=O)COc3ccc(Cl)cc3)nn2)CC1. The van der Waals surface area contributed by atoms with E-state index in [1.54, 1.807) is 41.3 Å². The highest BCUT2D eigenvalue weighted by atomic mass is 35.5. The molecule has 3 rings (SSSR count). The zero-order valence-corrected chi connectivity index (χ0v) is 14.7. The molecule has 1 N–H and O–H groups in total. The van der Waals surface area contributed by atoms with Crippen molar-refractivity contribution in [3.63, 3.8) is 0 Å². The van der Waals surface area contributed by atoms with Gasteiger partial charge in [-0.3, -0.25) is 9.59 Å². The number of nitrogens with one attached hydrogen (secondary N) is 1. The minimum Gasteiger partial charge on any atom is -0.484 e. The normalized spacial score (nSPS) is 14.0. The molecule has 0 atom stereocenters. The molecule has 2 heterocycles. The molecule has 0 unspecified atom stereocenters. The summed E-state index contributed by atoms with van der Waals surface area (Å²) in [6, 6.07) is 10.2. The number of aromatic nitrogens is 2. The summed E-state index contributed by atoms with van der Waals surface area (Å²) in [6.07, 6.45) is 0.855. The van der Waals surface area contributed by atoms with Crippen LogP contribution in [0, 0.1) is 0 Å². The van der Waals surface area contributed by atoms with Crippen LogP contribution in [-0.2, 0) is 9.59 Å². The first-order valence-corrected chi connectivity index (χ1v) is 8.48. The standard InChI is InChI=1S/C17H18ClN5O3/c18-13-1-3-14(4-2-13)26-11-17(25)19-15-5-6-16(21-20-15)23-9-7-22(12-24)8-10-23/h1-6,12H,7-11H2,(H,19,20,25). The van der Waals surface area contributed by atoms with Gasteiger partial charge in [0.25, 0.3) is 5.91 Å². The fourth-order valence-electron chi connectivity index (χ4n) is 2.48.